The molecule has 1 atom stereocenters. The van der Waals surface area contributed by atoms with Gasteiger partial charge in [-0.3, -0.25) is 19.7 Å². The van der Waals surface area contributed by atoms with Gasteiger partial charge in [0.25, 0.3) is 0 Å². The highest BCUT2D eigenvalue weighted by molar-refractivity contribution is 5.87. The van der Waals surface area contributed by atoms with Gasteiger partial charge in [-0.05, 0) is 35.4 Å². The van der Waals surface area contributed by atoms with Crippen LogP contribution in [0.15, 0.2) is 36.4 Å². The van der Waals surface area contributed by atoms with E-state index in [0.29, 0.717) is 12.1 Å². The lowest BCUT2D eigenvalue weighted by atomic mass is 10.0. The summed E-state index contributed by atoms with van der Waals surface area (Å²) in [6, 6.07) is 1.70. The molecule has 0 fully saturated rings. The Morgan fingerprint density at radius 3 is 1.97 bits per heavy atom. The van der Waals surface area contributed by atoms with Crippen molar-refractivity contribution < 1.29 is 45.2 Å². The number of nitrogens with two attached hydrogens (primary N) is 1. The first-order chi connectivity index (χ1) is 15.1. The number of hydrogen-bond donors (Lipinski definition) is 2. The molecule has 0 radical (unpaired) electrons. The van der Waals surface area contributed by atoms with E-state index in [-0.39, 0.29) is 11.6 Å². The molecule has 3 N–H and O–H groups in total. The van der Waals surface area contributed by atoms with E-state index in [1.165, 1.54) is 0 Å². The third-order valence-corrected chi connectivity index (χ3v) is 4.34. The highest BCUT2D eigenvalue weighted by Gasteiger charge is 2.37. The third-order valence-electron chi connectivity index (χ3n) is 4.34. The van der Waals surface area contributed by atoms with Crippen LogP contribution >= 0.6 is 0 Å². The van der Waals surface area contributed by atoms with Crippen molar-refractivity contribution in [2.24, 2.45) is 5.73 Å². The molecule has 0 aliphatic rings. The second-order valence-electron chi connectivity index (χ2n) is 6.86. The van der Waals surface area contributed by atoms with Crippen molar-refractivity contribution in [1.82, 2.24) is 5.32 Å². The van der Waals surface area contributed by atoms with Crippen molar-refractivity contribution in [1.29, 1.82) is 0 Å². The maximum Gasteiger partial charge on any atom is 0.416 e. The van der Waals surface area contributed by atoms with E-state index in [1.54, 1.807) is 0 Å². The minimum Gasteiger partial charge on any atom is -0.368 e. The fourth-order valence-electron chi connectivity index (χ4n) is 2.84. The number of alkyl halides is 6. The molecule has 2 rings (SSSR count). The second-order valence-corrected chi connectivity index (χ2v) is 6.86. The van der Waals surface area contributed by atoms with Gasteiger partial charge in [-0.25, -0.2) is 0 Å². The molecule has 0 saturated carbocycles. The molecule has 178 valence electrons. The number of halogens is 7. The van der Waals surface area contributed by atoms with Crippen LogP contribution in [0.1, 0.15) is 22.3 Å². The molecule has 0 bridgehead atoms. The summed E-state index contributed by atoms with van der Waals surface area (Å²) in [5.74, 6) is -3.44. The molecule has 2 aromatic rings. The fourth-order valence-corrected chi connectivity index (χ4v) is 2.84. The molecule has 0 heterocycles. The normalized spacial score (nSPS) is 12.8. The Morgan fingerprint density at radius 2 is 1.52 bits per heavy atom. The van der Waals surface area contributed by atoms with Crippen LogP contribution in [0.25, 0.3) is 0 Å². The molecule has 2 aromatic carbocycles. The van der Waals surface area contributed by atoms with Gasteiger partial charge < -0.3 is 11.1 Å². The number of nitro groups is 1. The number of carbonyl (C=O) groups excluding carboxylic acids is 2. The third kappa shape index (κ3) is 6.89. The first kappa shape index (κ1) is 25.5. The van der Waals surface area contributed by atoms with E-state index in [2.05, 4.69) is 5.32 Å². The Labute approximate surface area is 180 Å². The summed E-state index contributed by atoms with van der Waals surface area (Å²) in [4.78, 5) is 33.7. The van der Waals surface area contributed by atoms with Crippen LogP contribution in [0, 0.1) is 15.9 Å². The van der Waals surface area contributed by atoms with Crippen LogP contribution in [0.3, 0.4) is 0 Å². The molecular weight excluding hydrogens is 467 g/mol. The fraction of sp³-hybridized carbons (Fsp3) is 0.263. The van der Waals surface area contributed by atoms with Crippen molar-refractivity contribution in [3.8, 4) is 0 Å². The zero-order chi connectivity index (χ0) is 25.1. The van der Waals surface area contributed by atoms with Gasteiger partial charge in [-0.1, -0.05) is 6.07 Å². The van der Waals surface area contributed by atoms with Crippen LogP contribution < -0.4 is 11.1 Å². The minimum absolute atomic E-state index is 0.0191. The largest absolute Gasteiger partial charge is 0.416 e. The van der Waals surface area contributed by atoms with Crippen molar-refractivity contribution >= 4 is 17.5 Å². The van der Waals surface area contributed by atoms with Crippen LogP contribution in [0.5, 0.6) is 0 Å². The Hall–Kier alpha value is -3.71. The quantitative estimate of drug-likeness (QED) is 0.358. The van der Waals surface area contributed by atoms with E-state index in [9.17, 15) is 50.4 Å². The molecule has 14 heteroatoms. The smallest absolute Gasteiger partial charge is 0.368 e. The van der Waals surface area contributed by atoms with Gasteiger partial charge in [0.2, 0.25) is 17.6 Å². The van der Waals surface area contributed by atoms with Crippen molar-refractivity contribution in [2.45, 2.75) is 31.2 Å². The van der Waals surface area contributed by atoms with Gasteiger partial charge in [0.15, 0.2) is 0 Å². The van der Waals surface area contributed by atoms with Crippen molar-refractivity contribution in [2.75, 3.05) is 0 Å². The van der Waals surface area contributed by atoms with Gasteiger partial charge in [0.05, 0.1) is 22.5 Å². The van der Waals surface area contributed by atoms with Crippen LogP contribution in [-0.4, -0.2) is 22.8 Å². The predicted octanol–water partition coefficient (Wildman–Crippen LogP) is 3.53. The average molecular weight is 481 g/mol. The van der Waals surface area contributed by atoms with Gasteiger partial charge in [-0.15, -0.1) is 0 Å². The molecule has 0 aliphatic heterocycles. The molecule has 0 aromatic heterocycles. The van der Waals surface area contributed by atoms with Crippen LogP contribution in [0.2, 0.25) is 0 Å². The first-order valence-corrected chi connectivity index (χ1v) is 8.87. The highest BCUT2D eigenvalue weighted by atomic mass is 19.4. The lowest BCUT2D eigenvalue weighted by Gasteiger charge is -2.17. The number of hydrogen-bond acceptors (Lipinski definition) is 4. The molecule has 2 amide bonds. The maximum absolute atomic E-state index is 13.4. The standard InChI is InChI=1S/C19H14F7N3O4/c20-13-2-1-9(6-15(13)29(32)33)5-14(17(27)31)28-16(30)7-10-3-11(18(21,22)23)8-12(4-10)19(24,25)26/h1-4,6,8,14H,5,7H2,(H2,27,31)(H,28,30)/t14-/m0/s1. The topological polar surface area (TPSA) is 115 Å². The maximum atomic E-state index is 13.4. The monoisotopic (exact) mass is 481 g/mol. The summed E-state index contributed by atoms with van der Waals surface area (Å²) < 4.78 is 91.1. The van der Waals surface area contributed by atoms with Gasteiger partial charge in [0, 0.05) is 12.5 Å². The molecule has 0 spiro atoms. The highest BCUT2D eigenvalue weighted by Crippen LogP contribution is 2.36. The summed E-state index contributed by atoms with van der Waals surface area (Å²) in [6.07, 6.45) is -11.6. The summed E-state index contributed by atoms with van der Waals surface area (Å²) in [6.45, 7) is 0. The van der Waals surface area contributed by atoms with Crippen LogP contribution in [0.4, 0.5) is 36.4 Å². The number of benzene rings is 2. The Morgan fingerprint density at radius 1 is 0.970 bits per heavy atom. The number of rotatable bonds is 7. The van der Waals surface area contributed by atoms with Crippen molar-refractivity contribution in [3.05, 3.63) is 74.6 Å². The van der Waals surface area contributed by atoms with E-state index in [0.717, 1.165) is 18.2 Å². The lowest BCUT2D eigenvalue weighted by Crippen LogP contribution is -2.46. The zero-order valence-electron chi connectivity index (χ0n) is 16.3. The summed E-state index contributed by atoms with van der Waals surface area (Å²) in [5.41, 5.74) is 0.395. The summed E-state index contributed by atoms with van der Waals surface area (Å²) in [7, 11) is 0. The number of primary amides is 1. The SMILES string of the molecule is NC(=O)[C@H](Cc1ccc(F)c([N+](=O)[O-])c1)NC(=O)Cc1cc(C(F)(F)F)cc(C(F)(F)F)c1. The Balaban J connectivity index is 2.25. The summed E-state index contributed by atoms with van der Waals surface area (Å²) >= 11 is 0. The Kier molecular flexibility index (Phi) is 7.29. The van der Waals surface area contributed by atoms with Gasteiger partial charge >= 0.3 is 18.0 Å². The second kappa shape index (κ2) is 9.42. The molecule has 0 saturated heterocycles. The number of nitro benzene ring substituents is 1. The van der Waals surface area contributed by atoms with Crippen molar-refractivity contribution in [3.63, 3.8) is 0 Å². The molecule has 0 unspecified atom stereocenters. The summed E-state index contributed by atoms with van der Waals surface area (Å²) in [5, 5.41) is 12.9. The van der Waals surface area contributed by atoms with E-state index in [4.69, 9.17) is 5.73 Å². The van der Waals surface area contributed by atoms with E-state index < -0.39 is 76.2 Å². The van der Waals surface area contributed by atoms with E-state index in [1.807, 2.05) is 0 Å². The number of nitrogens with one attached hydrogen (secondary N) is 1. The first-order valence-electron chi connectivity index (χ1n) is 8.87. The lowest BCUT2D eigenvalue weighted by molar-refractivity contribution is -0.387. The van der Waals surface area contributed by atoms with Gasteiger partial charge in [-0.2, -0.15) is 30.7 Å². The van der Waals surface area contributed by atoms with Gasteiger partial charge in [0.1, 0.15) is 6.04 Å². The van der Waals surface area contributed by atoms with Crippen LogP contribution in [-0.2, 0) is 34.8 Å². The number of nitrogens with zero attached hydrogens (tertiary/aromatic N) is 1. The Bertz CT molecular complexity index is 1050. The molecular formula is C19H14F7N3O4. The molecule has 0 aliphatic carbocycles. The average Bonchev–Trinajstić information content (AvgIpc) is 2.66. The molecule has 7 nitrogen and oxygen atoms in total. The zero-order valence-corrected chi connectivity index (χ0v) is 16.3. The molecule has 33 heavy (non-hydrogen) atoms. The number of amides is 2. The minimum atomic E-state index is -5.11. The number of carbonyl (C=O) groups is 2. The van der Waals surface area contributed by atoms with E-state index >= 15 is 0 Å². The predicted molar refractivity (Wildman–Crippen MR) is 98.0 cm³/mol.